The fourth-order valence-electron chi connectivity index (χ4n) is 5.14. The van der Waals surface area contributed by atoms with Gasteiger partial charge in [-0.1, -0.05) is 13.8 Å². The first-order valence-corrected chi connectivity index (χ1v) is 7.94. The first-order valence-electron chi connectivity index (χ1n) is 7.94. The van der Waals surface area contributed by atoms with Gasteiger partial charge in [-0.05, 0) is 32.1 Å². The molecule has 1 aliphatic carbocycles. The third kappa shape index (κ3) is 1.58. The summed E-state index contributed by atoms with van der Waals surface area (Å²) in [5.74, 6) is 1.93. The van der Waals surface area contributed by atoms with Crippen LogP contribution in [-0.4, -0.2) is 36.0 Å². The molecule has 3 aliphatic heterocycles. The predicted molar refractivity (Wildman–Crippen MR) is 72.0 cm³/mol. The van der Waals surface area contributed by atoms with Gasteiger partial charge in [0.2, 0.25) is 0 Å². The number of epoxide rings is 1. The molecule has 0 aromatic carbocycles. The largest absolute Gasteiger partial charge is 0.460 e. The molecule has 0 amide bonds. The van der Waals surface area contributed by atoms with E-state index < -0.39 is 0 Å². The fourth-order valence-corrected chi connectivity index (χ4v) is 5.14. The second-order valence-electron chi connectivity index (χ2n) is 7.58. The molecule has 0 N–H and O–H groups in total. The summed E-state index contributed by atoms with van der Waals surface area (Å²) in [4.78, 5) is 11.9. The van der Waals surface area contributed by atoms with E-state index in [-0.39, 0.29) is 29.9 Å². The van der Waals surface area contributed by atoms with Crippen LogP contribution >= 0.6 is 0 Å². The summed E-state index contributed by atoms with van der Waals surface area (Å²) >= 11 is 0. The summed E-state index contributed by atoms with van der Waals surface area (Å²) in [6.45, 7) is 8.77. The van der Waals surface area contributed by atoms with Gasteiger partial charge in [0.25, 0.3) is 0 Å². The van der Waals surface area contributed by atoms with Crippen LogP contribution in [0.3, 0.4) is 0 Å². The molecule has 1 saturated carbocycles. The number of cyclic esters (lactones) is 1. The molecule has 4 rings (SSSR count). The molecule has 0 unspecified atom stereocenters. The number of carbonyl (C=O) groups is 1. The van der Waals surface area contributed by atoms with Crippen LogP contribution in [0.15, 0.2) is 0 Å². The lowest BCUT2D eigenvalue weighted by molar-refractivity contribution is -0.151. The number of hydrogen-bond donors (Lipinski definition) is 0. The standard InChI is InChI=1S/C16H24O4/c1-7(2)9-5-11-16(4,20-11)14-10-6-12(17)18-8(3)15(19-10)13(9)14/h7-11,13-15H,5-6H2,1-4H3/t8-,9+,10+,11-,13+,14+,15-,16-/m0/s1. The molecular formula is C16H24O4. The Morgan fingerprint density at radius 1 is 1.35 bits per heavy atom. The van der Waals surface area contributed by atoms with Crippen molar-refractivity contribution in [3.63, 3.8) is 0 Å². The molecule has 4 fully saturated rings. The predicted octanol–water partition coefficient (Wildman–Crippen LogP) is 2.16. The van der Waals surface area contributed by atoms with Gasteiger partial charge in [-0.2, -0.15) is 0 Å². The Labute approximate surface area is 120 Å². The van der Waals surface area contributed by atoms with Gasteiger partial charge in [0, 0.05) is 11.8 Å². The first kappa shape index (κ1) is 13.1. The highest BCUT2D eigenvalue weighted by Gasteiger charge is 2.71. The van der Waals surface area contributed by atoms with Gasteiger partial charge < -0.3 is 14.2 Å². The molecule has 0 aromatic rings. The quantitative estimate of drug-likeness (QED) is 0.545. The minimum atomic E-state index is -0.136. The highest BCUT2D eigenvalue weighted by Crippen LogP contribution is 2.63. The second-order valence-corrected chi connectivity index (χ2v) is 7.58. The Balaban J connectivity index is 1.74. The maximum Gasteiger partial charge on any atom is 0.308 e. The summed E-state index contributed by atoms with van der Waals surface area (Å²) in [6.07, 6.45) is 1.78. The third-order valence-corrected chi connectivity index (χ3v) is 6.15. The summed E-state index contributed by atoms with van der Waals surface area (Å²) in [7, 11) is 0. The van der Waals surface area contributed by atoms with Crippen molar-refractivity contribution in [3.05, 3.63) is 0 Å². The molecule has 4 nitrogen and oxygen atoms in total. The third-order valence-electron chi connectivity index (χ3n) is 6.15. The van der Waals surface area contributed by atoms with Crippen LogP contribution in [0.1, 0.15) is 40.5 Å². The SMILES string of the molecule is CC(C)[C@H]1C[C@@H]2O[C@]2(C)[C@H]2[C@@H]1[C@H]1O[C@@H]2CC(=O)O[C@H]1C. The zero-order chi connectivity index (χ0) is 14.2. The van der Waals surface area contributed by atoms with E-state index in [1.54, 1.807) is 0 Å². The summed E-state index contributed by atoms with van der Waals surface area (Å²) in [6, 6.07) is 0. The van der Waals surface area contributed by atoms with E-state index in [4.69, 9.17) is 14.2 Å². The summed E-state index contributed by atoms with van der Waals surface area (Å²) < 4.78 is 17.8. The lowest BCUT2D eigenvalue weighted by Gasteiger charge is -2.41. The van der Waals surface area contributed by atoms with Crippen LogP contribution in [0.2, 0.25) is 0 Å². The number of fused-ring (bicyclic) bond motifs is 7. The van der Waals surface area contributed by atoms with E-state index in [0.29, 0.717) is 36.2 Å². The summed E-state index contributed by atoms with van der Waals surface area (Å²) in [5.41, 5.74) is -0.0627. The Morgan fingerprint density at radius 2 is 2.10 bits per heavy atom. The van der Waals surface area contributed by atoms with Crippen LogP contribution in [0.5, 0.6) is 0 Å². The van der Waals surface area contributed by atoms with Gasteiger partial charge in [0.15, 0.2) is 0 Å². The number of rotatable bonds is 1. The molecular weight excluding hydrogens is 256 g/mol. The second kappa shape index (κ2) is 3.98. The van der Waals surface area contributed by atoms with Crippen molar-refractivity contribution >= 4 is 5.97 Å². The fraction of sp³-hybridized carbons (Fsp3) is 0.938. The zero-order valence-electron chi connectivity index (χ0n) is 12.7. The van der Waals surface area contributed by atoms with Crippen molar-refractivity contribution in [1.29, 1.82) is 0 Å². The molecule has 4 heteroatoms. The topological polar surface area (TPSA) is 48.1 Å². The highest BCUT2D eigenvalue weighted by molar-refractivity contribution is 5.71. The van der Waals surface area contributed by atoms with Crippen LogP contribution in [0.25, 0.3) is 0 Å². The average molecular weight is 280 g/mol. The molecule has 0 spiro atoms. The molecule has 3 heterocycles. The Bertz CT molecular complexity index is 448. The Hall–Kier alpha value is -0.610. The van der Waals surface area contributed by atoms with Crippen molar-refractivity contribution < 1.29 is 19.0 Å². The maximum absolute atomic E-state index is 11.9. The normalized spacial score (nSPS) is 56.9. The van der Waals surface area contributed by atoms with E-state index in [1.807, 2.05) is 6.92 Å². The van der Waals surface area contributed by atoms with Gasteiger partial charge >= 0.3 is 5.97 Å². The molecule has 112 valence electrons. The highest BCUT2D eigenvalue weighted by atomic mass is 16.6. The maximum atomic E-state index is 11.9. The van der Waals surface area contributed by atoms with E-state index in [9.17, 15) is 4.79 Å². The van der Waals surface area contributed by atoms with E-state index in [1.165, 1.54) is 0 Å². The molecule has 20 heavy (non-hydrogen) atoms. The number of esters is 1. The van der Waals surface area contributed by atoms with E-state index in [0.717, 1.165) is 6.42 Å². The van der Waals surface area contributed by atoms with Crippen LogP contribution in [-0.2, 0) is 19.0 Å². The van der Waals surface area contributed by atoms with Crippen LogP contribution < -0.4 is 0 Å². The van der Waals surface area contributed by atoms with Crippen LogP contribution in [0, 0.1) is 23.7 Å². The van der Waals surface area contributed by atoms with Crippen molar-refractivity contribution in [2.24, 2.45) is 23.7 Å². The minimum Gasteiger partial charge on any atom is -0.460 e. The number of ether oxygens (including phenoxy) is 3. The number of carbonyl (C=O) groups excluding carboxylic acids is 1. The zero-order valence-corrected chi connectivity index (χ0v) is 12.7. The smallest absolute Gasteiger partial charge is 0.308 e. The number of hydrogen-bond acceptors (Lipinski definition) is 4. The monoisotopic (exact) mass is 280 g/mol. The molecule has 0 aromatic heterocycles. The van der Waals surface area contributed by atoms with Gasteiger partial charge in [-0.3, -0.25) is 4.79 Å². The summed E-state index contributed by atoms with van der Waals surface area (Å²) in [5, 5.41) is 0. The lowest BCUT2D eigenvalue weighted by Crippen LogP contribution is -2.49. The molecule has 4 aliphatic rings. The average Bonchev–Trinajstić information content (AvgIpc) is 2.91. The molecule has 2 bridgehead atoms. The van der Waals surface area contributed by atoms with E-state index in [2.05, 4.69) is 20.8 Å². The van der Waals surface area contributed by atoms with Gasteiger partial charge in [0.1, 0.15) is 6.10 Å². The van der Waals surface area contributed by atoms with Crippen molar-refractivity contribution in [2.45, 2.75) is 70.6 Å². The Morgan fingerprint density at radius 3 is 2.80 bits per heavy atom. The molecule has 0 radical (unpaired) electrons. The van der Waals surface area contributed by atoms with Gasteiger partial charge in [0.05, 0.1) is 30.3 Å². The Kier molecular flexibility index (Phi) is 2.60. The lowest BCUT2D eigenvalue weighted by atomic mass is 9.61. The first-order chi connectivity index (χ1) is 9.41. The van der Waals surface area contributed by atoms with Gasteiger partial charge in [-0.15, -0.1) is 0 Å². The minimum absolute atomic E-state index is 0.0148. The van der Waals surface area contributed by atoms with Crippen LogP contribution in [0.4, 0.5) is 0 Å². The molecule has 3 saturated heterocycles. The van der Waals surface area contributed by atoms with Crippen molar-refractivity contribution in [1.82, 2.24) is 0 Å². The molecule has 8 atom stereocenters. The van der Waals surface area contributed by atoms with E-state index >= 15 is 0 Å². The van der Waals surface area contributed by atoms with Crippen molar-refractivity contribution in [2.75, 3.05) is 0 Å². The van der Waals surface area contributed by atoms with Gasteiger partial charge in [-0.25, -0.2) is 0 Å². The van der Waals surface area contributed by atoms with Crippen molar-refractivity contribution in [3.8, 4) is 0 Å².